The summed E-state index contributed by atoms with van der Waals surface area (Å²) in [6.07, 6.45) is 3.88. The van der Waals surface area contributed by atoms with Crippen molar-refractivity contribution in [3.8, 4) is 11.8 Å². The van der Waals surface area contributed by atoms with Gasteiger partial charge in [-0.15, -0.1) is 0 Å². The fourth-order valence-corrected chi connectivity index (χ4v) is 3.10. The van der Waals surface area contributed by atoms with Crippen LogP contribution in [0.4, 0.5) is 11.4 Å². The number of anilines is 2. The van der Waals surface area contributed by atoms with E-state index >= 15 is 0 Å². The molecule has 0 aliphatic heterocycles. The van der Waals surface area contributed by atoms with Crippen molar-refractivity contribution in [1.29, 1.82) is 5.26 Å². The second kappa shape index (κ2) is 11.9. The lowest BCUT2D eigenvalue weighted by Gasteiger charge is -2.21. The number of nitrogens with one attached hydrogen (secondary N) is 1. The van der Waals surface area contributed by atoms with Gasteiger partial charge in [-0.05, 0) is 30.3 Å². The first-order chi connectivity index (χ1) is 15.7. The van der Waals surface area contributed by atoms with Crippen LogP contribution in [0, 0.1) is 11.3 Å². The summed E-state index contributed by atoms with van der Waals surface area (Å²) in [5.74, 6) is 0.176. The zero-order valence-corrected chi connectivity index (χ0v) is 17.7. The molecule has 2 aromatic carbocycles. The van der Waals surface area contributed by atoms with E-state index in [1.807, 2.05) is 48.7 Å². The summed E-state index contributed by atoms with van der Waals surface area (Å²) >= 11 is 0. The number of nitrogens with zero attached hydrogens (tertiary/aromatic N) is 4. The molecule has 3 rings (SSSR count). The minimum atomic E-state index is -0.264. The first-order valence-electron chi connectivity index (χ1n) is 10.4. The first-order valence-corrected chi connectivity index (χ1v) is 10.4. The van der Waals surface area contributed by atoms with Crippen LogP contribution >= 0.6 is 0 Å². The highest BCUT2D eigenvalue weighted by molar-refractivity contribution is 5.98. The van der Waals surface area contributed by atoms with Crippen LogP contribution in [-0.4, -0.2) is 34.7 Å². The van der Waals surface area contributed by atoms with Crippen LogP contribution < -0.4 is 15.0 Å². The van der Waals surface area contributed by atoms with Gasteiger partial charge in [0, 0.05) is 49.2 Å². The van der Waals surface area contributed by atoms with Crippen molar-refractivity contribution < 1.29 is 14.3 Å². The molecular weight excluding hydrogens is 406 g/mol. The topological polar surface area (TPSA) is 100 Å². The molecule has 0 fully saturated rings. The maximum absolute atomic E-state index is 12.7. The average Bonchev–Trinajstić information content (AvgIpc) is 3.32. The molecule has 1 aromatic heterocycles. The maximum atomic E-state index is 12.7. The largest absolute Gasteiger partial charge is 0.492 e. The lowest BCUT2D eigenvalue weighted by atomic mass is 10.2. The number of aromatic nitrogens is 2. The second-order valence-electron chi connectivity index (χ2n) is 6.98. The van der Waals surface area contributed by atoms with E-state index in [4.69, 9.17) is 10.00 Å². The van der Waals surface area contributed by atoms with Crippen LogP contribution in [0.3, 0.4) is 0 Å². The molecular formula is C24H25N5O3. The van der Waals surface area contributed by atoms with Gasteiger partial charge in [0.2, 0.25) is 11.8 Å². The molecule has 8 nitrogen and oxygen atoms in total. The summed E-state index contributed by atoms with van der Waals surface area (Å²) in [4.78, 5) is 26.6. The molecule has 0 unspecified atom stereocenters. The van der Waals surface area contributed by atoms with Gasteiger partial charge in [-0.25, -0.2) is 0 Å². The summed E-state index contributed by atoms with van der Waals surface area (Å²) in [5.41, 5.74) is 1.32. The minimum absolute atomic E-state index is 0.0408. The summed E-state index contributed by atoms with van der Waals surface area (Å²) in [6, 6.07) is 20.2. The molecule has 1 heterocycles. The van der Waals surface area contributed by atoms with Crippen LogP contribution in [0.2, 0.25) is 0 Å². The van der Waals surface area contributed by atoms with Crippen molar-refractivity contribution in [2.45, 2.75) is 25.8 Å². The standard InChI is InChI=1S/C24H25N5O3/c25-13-5-16-29(21-8-2-1-3-9-21)24(31)12-11-23(30)27-20-7-4-10-22(19-20)32-18-17-28-15-6-14-26-28/h1-4,6-10,14-15,19H,5,11-12,16-18H2,(H,27,30). The van der Waals surface area contributed by atoms with Gasteiger partial charge in [-0.3, -0.25) is 14.3 Å². The quantitative estimate of drug-likeness (QED) is 0.500. The zero-order valence-electron chi connectivity index (χ0n) is 17.7. The van der Waals surface area contributed by atoms with Crippen molar-refractivity contribution in [3.05, 3.63) is 73.1 Å². The Kier molecular flexibility index (Phi) is 8.40. The second-order valence-corrected chi connectivity index (χ2v) is 6.98. The molecule has 164 valence electrons. The summed E-state index contributed by atoms with van der Waals surface area (Å²) in [7, 11) is 0. The molecule has 0 saturated heterocycles. The number of benzene rings is 2. The van der Waals surface area contributed by atoms with E-state index in [9.17, 15) is 9.59 Å². The van der Waals surface area contributed by atoms with Gasteiger partial charge in [0.1, 0.15) is 12.4 Å². The van der Waals surface area contributed by atoms with E-state index < -0.39 is 0 Å². The van der Waals surface area contributed by atoms with Gasteiger partial charge in [0.05, 0.1) is 19.0 Å². The Labute approximate surface area is 187 Å². The van der Waals surface area contributed by atoms with Gasteiger partial charge >= 0.3 is 0 Å². The fraction of sp³-hybridized carbons (Fsp3) is 0.250. The van der Waals surface area contributed by atoms with Crippen molar-refractivity contribution in [2.24, 2.45) is 0 Å². The van der Waals surface area contributed by atoms with E-state index in [0.29, 0.717) is 36.8 Å². The summed E-state index contributed by atoms with van der Waals surface area (Å²) in [6.45, 7) is 1.36. The lowest BCUT2D eigenvalue weighted by Crippen LogP contribution is -2.32. The smallest absolute Gasteiger partial charge is 0.227 e. The predicted molar refractivity (Wildman–Crippen MR) is 121 cm³/mol. The van der Waals surface area contributed by atoms with Gasteiger partial charge in [0.25, 0.3) is 0 Å². The number of carbonyl (C=O) groups excluding carboxylic acids is 2. The molecule has 0 aliphatic carbocycles. The molecule has 32 heavy (non-hydrogen) atoms. The maximum Gasteiger partial charge on any atom is 0.227 e. The van der Waals surface area contributed by atoms with Gasteiger partial charge in [-0.2, -0.15) is 10.4 Å². The highest BCUT2D eigenvalue weighted by Crippen LogP contribution is 2.19. The molecule has 3 aromatic rings. The van der Waals surface area contributed by atoms with Gasteiger partial charge in [0.15, 0.2) is 0 Å². The number of para-hydroxylation sites is 1. The molecule has 0 radical (unpaired) electrons. The van der Waals surface area contributed by atoms with E-state index in [-0.39, 0.29) is 31.1 Å². The van der Waals surface area contributed by atoms with Crippen LogP contribution in [0.5, 0.6) is 5.75 Å². The highest BCUT2D eigenvalue weighted by atomic mass is 16.5. The molecule has 8 heteroatoms. The lowest BCUT2D eigenvalue weighted by molar-refractivity contribution is -0.122. The summed E-state index contributed by atoms with van der Waals surface area (Å²) in [5, 5.41) is 15.8. The monoisotopic (exact) mass is 431 g/mol. The molecule has 0 aliphatic rings. The Morgan fingerprint density at radius 3 is 2.69 bits per heavy atom. The fourth-order valence-electron chi connectivity index (χ4n) is 3.10. The van der Waals surface area contributed by atoms with Crippen molar-refractivity contribution in [1.82, 2.24) is 9.78 Å². The van der Waals surface area contributed by atoms with Crippen molar-refractivity contribution in [2.75, 3.05) is 23.4 Å². The third kappa shape index (κ3) is 6.99. The van der Waals surface area contributed by atoms with Crippen LogP contribution in [0.1, 0.15) is 19.3 Å². The third-order valence-electron chi connectivity index (χ3n) is 4.65. The van der Waals surface area contributed by atoms with E-state index in [1.165, 1.54) is 0 Å². The first kappa shape index (κ1) is 22.6. The Morgan fingerprint density at radius 1 is 1.09 bits per heavy atom. The Morgan fingerprint density at radius 2 is 1.94 bits per heavy atom. The SMILES string of the molecule is N#CCCN(C(=O)CCC(=O)Nc1cccc(OCCn2cccn2)c1)c1ccccc1. The minimum Gasteiger partial charge on any atom is -0.492 e. The van der Waals surface area contributed by atoms with E-state index in [0.717, 1.165) is 0 Å². The van der Waals surface area contributed by atoms with Crippen molar-refractivity contribution >= 4 is 23.2 Å². The average molecular weight is 431 g/mol. The number of nitriles is 1. The van der Waals surface area contributed by atoms with Gasteiger partial charge in [-0.1, -0.05) is 24.3 Å². The zero-order chi connectivity index (χ0) is 22.6. The Hall–Kier alpha value is -4.12. The predicted octanol–water partition coefficient (Wildman–Crippen LogP) is 3.63. The number of carbonyl (C=O) groups is 2. The molecule has 0 saturated carbocycles. The molecule has 1 N–H and O–H groups in total. The van der Waals surface area contributed by atoms with Gasteiger partial charge < -0.3 is 15.0 Å². The number of ether oxygens (including phenoxy) is 1. The Balaban J connectivity index is 1.49. The molecule has 2 amide bonds. The molecule has 0 bridgehead atoms. The molecule has 0 atom stereocenters. The van der Waals surface area contributed by atoms with Crippen molar-refractivity contribution in [3.63, 3.8) is 0 Å². The molecule has 0 spiro atoms. The number of hydrogen-bond acceptors (Lipinski definition) is 5. The summed E-state index contributed by atoms with van der Waals surface area (Å²) < 4.78 is 7.49. The van der Waals surface area contributed by atoms with Crippen LogP contribution in [0.25, 0.3) is 0 Å². The van der Waals surface area contributed by atoms with Crippen LogP contribution in [0.15, 0.2) is 73.1 Å². The number of rotatable bonds is 11. The van der Waals surface area contributed by atoms with E-state index in [2.05, 4.69) is 16.5 Å². The number of amides is 2. The number of hydrogen-bond donors (Lipinski definition) is 1. The van der Waals surface area contributed by atoms with Crippen LogP contribution in [-0.2, 0) is 16.1 Å². The van der Waals surface area contributed by atoms with E-state index in [1.54, 1.807) is 34.0 Å². The Bertz CT molecular complexity index is 1050. The highest BCUT2D eigenvalue weighted by Gasteiger charge is 2.16. The third-order valence-corrected chi connectivity index (χ3v) is 4.65. The normalized spacial score (nSPS) is 10.2.